The fourth-order valence-electron chi connectivity index (χ4n) is 2.19. The van der Waals surface area contributed by atoms with Crippen LogP contribution in [0.25, 0.3) is 0 Å². The van der Waals surface area contributed by atoms with Crippen LogP contribution in [0.15, 0.2) is 24.2 Å². The first-order valence-electron chi connectivity index (χ1n) is 5.89. The lowest BCUT2D eigenvalue weighted by Crippen LogP contribution is -2.51. The minimum absolute atomic E-state index is 0.122. The van der Waals surface area contributed by atoms with Gasteiger partial charge >= 0.3 is 0 Å². The summed E-state index contributed by atoms with van der Waals surface area (Å²) in [5.74, 6) is 0.660. The van der Waals surface area contributed by atoms with Gasteiger partial charge in [-0.05, 0) is 6.92 Å². The van der Waals surface area contributed by atoms with Crippen LogP contribution < -0.4 is 0 Å². The van der Waals surface area contributed by atoms with Gasteiger partial charge in [0.2, 0.25) is 0 Å². The zero-order valence-corrected chi connectivity index (χ0v) is 10.9. The summed E-state index contributed by atoms with van der Waals surface area (Å²) in [5.41, 5.74) is 2.56. The van der Waals surface area contributed by atoms with Crippen LogP contribution in [0.1, 0.15) is 15.4 Å². The van der Waals surface area contributed by atoms with E-state index in [-0.39, 0.29) is 5.91 Å². The number of amides is 1. The zero-order chi connectivity index (χ0) is 12.5. The molecule has 0 aliphatic carbocycles. The number of aromatic nitrogens is 3. The molecule has 0 aromatic carbocycles. The number of nitrogens with zero attached hydrogens (tertiary/aromatic N) is 4. The van der Waals surface area contributed by atoms with Gasteiger partial charge in [0.25, 0.3) is 5.91 Å². The number of hydrogen-bond donors (Lipinski definition) is 0. The van der Waals surface area contributed by atoms with E-state index in [0.29, 0.717) is 5.92 Å². The van der Waals surface area contributed by atoms with Crippen molar-refractivity contribution in [3.05, 3.63) is 34.8 Å². The quantitative estimate of drug-likeness (QED) is 0.840. The summed E-state index contributed by atoms with van der Waals surface area (Å²) in [6.45, 7) is 4.47. The number of hydrogen-bond acceptors (Lipinski definition) is 4. The van der Waals surface area contributed by atoms with Gasteiger partial charge in [-0.15, -0.1) is 11.3 Å². The first kappa shape index (κ1) is 11.4. The van der Waals surface area contributed by atoms with Gasteiger partial charge in [-0.25, -0.2) is 9.97 Å². The fraction of sp³-hybridized carbons (Fsp3) is 0.417. The minimum Gasteiger partial charge on any atom is -0.337 e. The van der Waals surface area contributed by atoms with E-state index in [1.807, 2.05) is 24.3 Å². The van der Waals surface area contributed by atoms with Crippen molar-refractivity contribution in [3.63, 3.8) is 0 Å². The Bertz CT molecular complexity index is 542. The van der Waals surface area contributed by atoms with Crippen LogP contribution in [0, 0.1) is 12.8 Å². The van der Waals surface area contributed by atoms with Crippen molar-refractivity contribution in [3.8, 4) is 0 Å². The summed E-state index contributed by atoms with van der Waals surface area (Å²) in [5, 5.41) is 0. The number of carbonyl (C=O) groups is 1. The van der Waals surface area contributed by atoms with Crippen molar-refractivity contribution in [2.75, 3.05) is 13.1 Å². The molecular weight excluding hydrogens is 248 g/mol. The lowest BCUT2D eigenvalue weighted by atomic mass is 10.00. The SMILES string of the molecule is Cc1ncsc1C(=O)N1CC(Cn2ccnc2)C1. The highest BCUT2D eigenvalue weighted by Gasteiger charge is 2.32. The van der Waals surface area contributed by atoms with Gasteiger partial charge in [-0.1, -0.05) is 0 Å². The Morgan fingerprint density at radius 3 is 3.00 bits per heavy atom. The third-order valence-electron chi connectivity index (χ3n) is 3.21. The second-order valence-corrected chi connectivity index (χ2v) is 5.46. The maximum absolute atomic E-state index is 12.1. The van der Waals surface area contributed by atoms with Crippen molar-refractivity contribution in [2.45, 2.75) is 13.5 Å². The Hall–Kier alpha value is -1.69. The zero-order valence-electron chi connectivity index (χ0n) is 10.1. The summed E-state index contributed by atoms with van der Waals surface area (Å²) >= 11 is 1.42. The Labute approximate surface area is 109 Å². The van der Waals surface area contributed by atoms with E-state index < -0.39 is 0 Å². The van der Waals surface area contributed by atoms with E-state index in [2.05, 4.69) is 14.5 Å². The molecule has 1 amide bonds. The lowest BCUT2D eigenvalue weighted by Gasteiger charge is -2.39. The topological polar surface area (TPSA) is 51.0 Å². The van der Waals surface area contributed by atoms with Crippen molar-refractivity contribution >= 4 is 17.2 Å². The molecule has 0 atom stereocenters. The first-order valence-corrected chi connectivity index (χ1v) is 6.77. The Morgan fingerprint density at radius 2 is 2.39 bits per heavy atom. The van der Waals surface area contributed by atoms with Crippen LogP contribution in [0.3, 0.4) is 0 Å². The van der Waals surface area contributed by atoms with Crippen molar-refractivity contribution in [1.82, 2.24) is 19.4 Å². The molecule has 18 heavy (non-hydrogen) atoms. The fourth-order valence-corrected chi connectivity index (χ4v) is 2.96. The van der Waals surface area contributed by atoms with Gasteiger partial charge < -0.3 is 9.47 Å². The maximum Gasteiger partial charge on any atom is 0.265 e. The summed E-state index contributed by atoms with van der Waals surface area (Å²) < 4.78 is 2.06. The molecule has 1 saturated heterocycles. The number of rotatable bonds is 3. The second-order valence-electron chi connectivity index (χ2n) is 4.60. The van der Waals surface area contributed by atoms with Crippen LogP contribution >= 0.6 is 11.3 Å². The van der Waals surface area contributed by atoms with Crippen molar-refractivity contribution < 1.29 is 4.79 Å². The normalized spacial score (nSPS) is 15.7. The third-order valence-corrected chi connectivity index (χ3v) is 4.13. The highest BCUT2D eigenvalue weighted by atomic mass is 32.1. The number of imidazole rings is 1. The lowest BCUT2D eigenvalue weighted by molar-refractivity contribution is 0.0472. The Kier molecular flexibility index (Phi) is 2.87. The van der Waals surface area contributed by atoms with E-state index in [1.165, 1.54) is 11.3 Å². The van der Waals surface area contributed by atoms with Gasteiger partial charge in [0.05, 0.1) is 17.5 Å². The number of likely N-dealkylation sites (tertiary alicyclic amines) is 1. The molecule has 0 saturated carbocycles. The summed E-state index contributed by atoms with van der Waals surface area (Å²) in [6.07, 6.45) is 5.55. The highest BCUT2D eigenvalue weighted by molar-refractivity contribution is 7.11. The molecule has 3 heterocycles. The summed E-state index contributed by atoms with van der Waals surface area (Å²) in [7, 11) is 0. The smallest absolute Gasteiger partial charge is 0.265 e. The highest BCUT2D eigenvalue weighted by Crippen LogP contribution is 2.23. The average molecular weight is 262 g/mol. The van der Waals surface area contributed by atoms with Gasteiger partial charge in [0.15, 0.2) is 0 Å². The standard InChI is InChI=1S/C12H14N4OS/c1-9-11(18-8-14-9)12(17)16-5-10(6-16)4-15-3-2-13-7-15/h2-3,7-8,10H,4-6H2,1H3. The van der Waals surface area contributed by atoms with Crippen LogP contribution in [0.4, 0.5) is 0 Å². The largest absolute Gasteiger partial charge is 0.337 e. The summed E-state index contributed by atoms with van der Waals surface area (Å²) in [4.78, 5) is 22.9. The molecule has 2 aromatic rings. The molecule has 0 N–H and O–H groups in total. The predicted octanol–water partition coefficient (Wildman–Crippen LogP) is 1.42. The second kappa shape index (κ2) is 4.53. The van der Waals surface area contributed by atoms with E-state index in [4.69, 9.17) is 0 Å². The van der Waals surface area contributed by atoms with Gasteiger partial charge in [0.1, 0.15) is 4.88 Å². The Balaban J connectivity index is 1.56. The maximum atomic E-state index is 12.1. The average Bonchev–Trinajstić information content (AvgIpc) is 2.93. The van der Waals surface area contributed by atoms with Crippen molar-refractivity contribution in [1.29, 1.82) is 0 Å². The van der Waals surface area contributed by atoms with Gasteiger partial charge in [-0.2, -0.15) is 0 Å². The summed E-state index contributed by atoms with van der Waals surface area (Å²) in [6, 6.07) is 0. The minimum atomic E-state index is 0.122. The Morgan fingerprint density at radius 1 is 1.56 bits per heavy atom. The molecular formula is C12H14N4OS. The number of carbonyl (C=O) groups excluding carboxylic acids is 1. The van der Waals surface area contributed by atoms with Crippen LogP contribution in [0.2, 0.25) is 0 Å². The van der Waals surface area contributed by atoms with E-state index in [9.17, 15) is 4.79 Å². The molecule has 1 aliphatic rings. The molecule has 1 aliphatic heterocycles. The van der Waals surface area contributed by atoms with Crippen LogP contribution in [-0.2, 0) is 6.54 Å². The monoisotopic (exact) mass is 262 g/mol. The molecule has 0 radical (unpaired) electrons. The molecule has 0 bridgehead atoms. The molecule has 94 valence electrons. The first-order chi connectivity index (χ1) is 8.74. The molecule has 6 heteroatoms. The van der Waals surface area contributed by atoms with Gasteiger partial charge in [0, 0.05) is 37.9 Å². The van der Waals surface area contributed by atoms with E-state index in [0.717, 1.165) is 30.2 Å². The molecule has 3 rings (SSSR count). The van der Waals surface area contributed by atoms with Gasteiger partial charge in [-0.3, -0.25) is 4.79 Å². The van der Waals surface area contributed by atoms with E-state index in [1.54, 1.807) is 11.7 Å². The third kappa shape index (κ3) is 2.03. The molecule has 0 spiro atoms. The van der Waals surface area contributed by atoms with Crippen molar-refractivity contribution in [2.24, 2.45) is 5.92 Å². The molecule has 2 aromatic heterocycles. The van der Waals surface area contributed by atoms with Crippen LogP contribution in [-0.4, -0.2) is 38.4 Å². The number of aryl methyl sites for hydroxylation is 1. The van der Waals surface area contributed by atoms with E-state index >= 15 is 0 Å². The molecule has 0 unspecified atom stereocenters. The molecule has 5 nitrogen and oxygen atoms in total. The number of thiazole rings is 1. The molecule has 1 fully saturated rings. The van der Waals surface area contributed by atoms with Crippen LogP contribution in [0.5, 0.6) is 0 Å². The predicted molar refractivity (Wildman–Crippen MR) is 68.5 cm³/mol.